The van der Waals surface area contributed by atoms with Crippen LogP contribution in [0, 0.1) is 0 Å². The fourth-order valence-electron chi connectivity index (χ4n) is 1.62. The Bertz CT molecular complexity index is 199. The number of rotatable bonds is 7. The summed E-state index contributed by atoms with van der Waals surface area (Å²) < 4.78 is 4.58. The number of esters is 1. The number of hydrogen-bond donors (Lipinski definition) is 0. The van der Waals surface area contributed by atoms with E-state index in [1.807, 2.05) is 6.08 Å². The Kier molecular flexibility index (Phi) is 7.68. The predicted molar refractivity (Wildman–Crippen MR) is 69.2 cm³/mol. The van der Waals surface area contributed by atoms with Crippen molar-refractivity contribution in [2.24, 2.45) is 0 Å². The van der Waals surface area contributed by atoms with Gasteiger partial charge in [-0.3, -0.25) is 4.79 Å². The molecule has 0 amide bonds. The molecule has 0 heterocycles. The van der Waals surface area contributed by atoms with Gasteiger partial charge in [0.1, 0.15) is 0 Å². The average Bonchev–Trinajstić information content (AvgIpc) is 2.30. The monoisotopic (exact) mass is 231 g/mol. The summed E-state index contributed by atoms with van der Waals surface area (Å²) in [7, 11) is 0.682. The van der Waals surface area contributed by atoms with Gasteiger partial charge in [0.25, 0.3) is 0 Å². The molecule has 0 spiro atoms. The molecule has 0 radical (unpaired) electrons. The largest absolute Gasteiger partial charge is 0.469 e. The van der Waals surface area contributed by atoms with E-state index in [0.29, 0.717) is 6.42 Å². The van der Waals surface area contributed by atoms with Crippen molar-refractivity contribution < 1.29 is 9.53 Å². The Morgan fingerprint density at radius 2 is 1.67 bits per heavy atom. The quantitative estimate of drug-likeness (QED) is 0.382. The third-order valence-corrected chi connectivity index (χ3v) is 8.19. The van der Waals surface area contributed by atoms with E-state index in [4.69, 9.17) is 0 Å². The molecule has 0 saturated carbocycles. The minimum Gasteiger partial charge on any atom is -0.469 e. The van der Waals surface area contributed by atoms with Crippen LogP contribution < -0.4 is 0 Å². The molecule has 0 fully saturated rings. The van der Waals surface area contributed by atoms with Crippen LogP contribution in [0.1, 0.15) is 27.2 Å². The SMILES string of the molecule is CC[P+](CC)(CC)C/C=C/CC(=O)OC. The van der Waals surface area contributed by atoms with Crippen LogP contribution in [-0.2, 0) is 9.53 Å². The number of carbonyl (C=O) groups is 1. The molecular weight excluding hydrogens is 207 g/mol. The van der Waals surface area contributed by atoms with Gasteiger partial charge in [-0.05, 0) is 20.8 Å². The molecule has 0 aliphatic rings. The molecule has 0 atom stereocenters. The second kappa shape index (κ2) is 7.87. The molecule has 0 unspecified atom stereocenters. The molecule has 0 aromatic rings. The van der Waals surface area contributed by atoms with Crippen molar-refractivity contribution >= 4 is 13.2 Å². The van der Waals surface area contributed by atoms with Gasteiger partial charge in [0.05, 0.1) is 38.2 Å². The third kappa shape index (κ3) is 5.32. The van der Waals surface area contributed by atoms with Crippen molar-refractivity contribution in [2.45, 2.75) is 27.2 Å². The van der Waals surface area contributed by atoms with Crippen LogP contribution in [0.3, 0.4) is 0 Å². The van der Waals surface area contributed by atoms with Gasteiger partial charge < -0.3 is 4.74 Å². The summed E-state index contributed by atoms with van der Waals surface area (Å²) in [5, 5.41) is 0. The van der Waals surface area contributed by atoms with Crippen LogP contribution in [0.5, 0.6) is 0 Å². The first kappa shape index (κ1) is 14.6. The van der Waals surface area contributed by atoms with Crippen LogP contribution in [0.25, 0.3) is 0 Å². The van der Waals surface area contributed by atoms with E-state index in [0.717, 1.165) is 0 Å². The molecule has 0 aliphatic heterocycles. The highest BCUT2D eigenvalue weighted by molar-refractivity contribution is 7.75. The first-order valence-corrected chi connectivity index (χ1v) is 8.24. The number of carbonyl (C=O) groups excluding carboxylic acids is 1. The van der Waals surface area contributed by atoms with Crippen LogP contribution in [-0.4, -0.2) is 37.7 Å². The van der Waals surface area contributed by atoms with Gasteiger partial charge in [0, 0.05) is 7.26 Å². The molecule has 3 heteroatoms. The van der Waals surface area contributed by atoms with Crippen molar-refractivity contribution in [1.29, 1.82) is 0 Å². The smallest absolute Gasteiger partial charge is 0.309 e. The lowest BCUT2D eigenvalue weighted by Crippen LogP contribution is -2.05. The van der Waals surface area contributed by atoms with Crippen LogP contribution in [0.4, 0.5) is 0 Å². The summed E-state index contributed by atoms with van der Waals surface area (Å²) in [4.78, 5) is 10.9. The Balaban J connectivity index is 4.04. The fraction of sp³-hybridized carbons (Fsp3) is 0.750. The zero-order valence-electron chi connectivity index (χ0n) is 10.5. The molecule has 2 nitrogen and oxygen atoms in total. The zero-order chi connectivity index (χ0) is 11.7. The first-order valence-electron chi connectivity index (χ1n) is 5.71. The van der Waals surface area contributed by atoms with Gasteiger partial charge in [-0.1, -0.05) is 12.2 Å². The van der Waals surface area contributed by atoms with Crippen molar-refractivity contribution in [1.82, 2.24) is 0 Å². The van der Waals surface area contributed by atoms with E-state index < -0.39 is 7.26 Å². The predicted octanol–water partition coefficient (Wildman–Crippen LogP) is 3.18. The van der Waals surface area contributed by atoms with Crippen LogP contribution in [0.15, 0.2) is 12.2 Å². The van der Waals surface area contributed by atoms with Gasteiger partial charge in [-0.25, -0.2) is 0 Å². The van der Waals surface area contributed by atoms with Gasteiger partial charge in [-0.2, -0.15) is 0 Å². The van der Waals surface area contributed by atoms with Crippen molar-refractivity contribution in [3.8, 4) is 0 Å². The lowest BCUT2D eigenvalue weighted by atomic mass is 10.4. The maximum atomic E-state index is 10.9. The normalized spacial score (nSPS) is 12.0. The number of hydrogen-bond acceptors (Lipinski definition) is 2. The van der Waals surface area contributed by atoms with E-state index in [1.54, 1.807) is 0 Å². The molecule has 0 bridgehead atoms. The minimum absolute atomic E-state index is 0.153. The van der Waals surface area contributed by atoms with Gasteiger partial charge >= 0.3 is 5.97 Å². The summed E-state index contributed by atoms with van der Waals surface area (Å²) in [5.74, 6) is -0.153. The molecule has 0 saturated heterocycles. The molecule has 88 valence electrons. The second-order valence-corrected chi connectivity index (χ2v) is 8.67. The summed E-state index contributed by atoms with van der Waals surface area (Å²) >= 11 is 0. The first-order chi connectivity index (χ1) is 7.14. The topological polar surface area (TPSA) is 26.3 Å². The maximum Gasteiger partial charge on any atom is 0.309 e. The van der Waals surface area contributed by atoms with E-state index in [-0.39, 0.29) is 5.97 Å². The Morgan fingerprint density at radius 3 is 2.07 bits per heavy atom. The summed E-state index contributed by atoms with van der Waals surface area (Å²) in [5.41, 5.74) is 0. The molecule has 0 rings (SSSR count). The summed E-state index contributed by atoms with van der Waals surface area (Å²) in [6.07, 6.45) is 9.62. The minimum atomic E-state index is -0.746. The zero-order valence-corrected chi connectivity index (χ0v) is 11.3. The van der Waals surface area contributed by atoms with Gasteiger partial charge in [0.2, 0.25) is 0 Å². The van der Waals surface area contributed by atoms with Crippen molar-refractivity contribution in [3.63, 3.8) is 0 Å². The number of allylic oxidation sites excluding steroid dienone is 1. The Hall–Kier alpha value is -0.360. The molecule has 0 aliphatic carbocycles. The Labute approximate surface area is 94.4 Å². The second-order valence-electron chi connectivity index (χ2n) is 3.72. The van der Waals surface area contributed by atoms with Crippen molar-refractivity contribution in [3.05, 3.63) is 12.2 Å². The molecule has 0 aromatic carbocycles. The average molecular weight is 231 g/mol. The number of methoxy groups -OCH3 is 1. The van der Waals surface area contributed by atoms with Crippen LogP contribution in [0.2, 0.25) is 0 Å². The lowest BCUT2D eigenvalue weighted by Gasteiger charge is -2.21. The maximum absolute atomic E-state index is 10.9. The Morgan fingerprint density at radius 1 is 1.13 bits per heavy atom. The molecule has 0 N–H and O–H groups in total. The van der Waals surface area contributed by atoms with E-state index in [1.165, 1.54) is 31.8 Å². The third-order valence-electron chi connectivity index (χ3n) is 3.18. The highest BCUT2D eigenvalue weighted by atomic mass is 31.2. The number of ether oxygens (including phenoxy) is 1. The van der Waals surface area contributed by atoms with Crippen molar-refractivity contribution in [2.75, 3.05) is 31.8 Å². The van der Waals surface area contributed by atoms with Gasteiger partial charge in [-0.15, -0.1) is 0 Å². The highest BCUT2D eigenvalue weighted by Gasteiger charge is 2.28. The van der Waals surface area contributed by atoms with Gasteiger partial charge in [0.15, 0.2) is 0 Å². The highest BCUT2D eigenvalue weighted by Crippen LogP contribution is 2.57. The standard InChI is InChI=1S/C12H24O2P/c1-5-15(6-2,7-3)11-9-8-10-12(13)14-4/h8-9H,5-7,10-11H2,1-4H3/q+1/b9-8+. The molecule has 15 heavy (non-hydrogen) atoms. The summed E-state index contributed by atoms with van der Waals surface area (Å²) in [6.45, 7) is 6.86. The lowest BCUT2D eigenvalue weighted by molar-refractivity contribution is -0.139. The molecular formula is C12H24O2P+. The summed E-state index contributed by atoms with van der Waals surface area (Å²) in [6, 6.07) is 0. The van der Waals surface area contributed by atoms with Crippen LogP contribution >= 0.6 is 7.26 Å². The van der Waals surface area contributed by atoms with E-state index >= 15 is 0 Å². The fourth-order valence-corrected chi connectivity index (χ4v) is 4.33. The van der Waals surface area contributed by atoms with E-state index in [2.05, 4.69) is 31.6 Å². The van der Waals surface area contributed by atoms with E-state index in [9.17, 15) is 4.79 Å². The molecule has 0 aromatic heterocycles.